The Hall–Kier alpha value is -1.23. The van der Waals surface area contributed by atoms with E-state index < -0.39 is 0 Å². The molecular weight excluding hydrogens is 201 g/mol. The first-order valence-electron chi connectivity index (χ1n) is 4.16. The molecule has 14 heavy (non-hydrogen) atoms. The van der Waals surface area contributed by atoms with Crippen molar-refractivity contribution in [1.82, 2.24) is 5.01 Å². The molecule has 5 heteroatoms. The Labute approximate surface area is 85.8 Å². The molecule has 74 valence electrons. The Kier molecular flexibility index (Phi) is 2.33. The molecule has 2 N–H and O–H groups in total. The molecule has 1 aromatic carbocycles. The number of hydrogen-bond donors (Lipinski definition) is 1. The van der Waals surface area contributed by atoms with Crippen LogP contribution in [0.5, 0.6) is 0 Å². The Bertz CT molecular complexity index is 363. The molecule has 1 atom stereocenters. The normalized spacial score (nSPS) is 21.1. The van der Waals surface area contributed by atoms with Gasteiger partial charge in [-0.2, -0.15) is 5.10 Å². The first kappa shape index (κ1) is 9.33. The predicted octanol–water partition coefficient (Wildman–Crippen LogP) is 1.73. The van der Waals surface area contributed by atoms with Gasteiger partial charge in [-0.25, -0.2) is 4.39 Å². The standard InChI is InChI=1S/C9H10FN3S/c1-13-8(14-9(11)12-13)6-2-4-7(10)5-3-6/h2-5,8H,1H3,(H2,11,12). The zero-order valence-electron chi connectivity index (χ0n) is 7.64. The lowest BCUT2D eigenvalue weighted by molar-refractivity contribution is 0.346. The second-order valence-corrected chi connectivity index (χ2v) is 4.13. The average molecular weight is 211 g/mol. The van der Waals surface area contributed by atoms with Crippen LogP contribution >= 0.6 is 11.8 Å². The molecule has 0 radical (unpaired) electrons. The van der Waals surface area contributed by atoms with E-state index in [1.165, 1.54) is 23.9 Å². The van der Waals surface area contributed by atoms with E-state index in [0.29, 0.717) is 5.17 Å². The number of hydrazone groups is 1. The van der Waals surface area contributed by atoms with Crippen molar-refractivity contribution in [3.63, 3.8) is 0 Å². The molecule has 0 spiro atoms. The third-order valence-electron chi connectivity index (χ3n) is 1.98. The lowest BCUT2D eigenvalue weighted by Gasteiger charge is -2.17. The number of nitrogens with two attached hydrogens (primary N) is 1. The van der Waals surface area contributed by atoms with Crippen LogP contribution in [0, 0.1) is 5.82 Å². The van der Waals surface area contributed by atoms with Gasteiger partial charge in [0.05, 0.1) is 0 Å². The van der Waals surface area contributed by atoms with Crippen LogP contribution in [-0.2, 0) is 0 Å². The minimum Gasteiger partial charge on any atom is -0.377 e. The minimum absolute atomic E-state index is 0.0654. The number of rotatable bonds is 1. The Morgan fingerprint density at radius 1 is 1.43 bits per heavy atom. The van der Waals surface area contributed by atoms with Crippen LogP contribution in [0.15, 0.2) is 29.4 Å². The van der Waals surface area contributed by atoms with E-state index in [0.717, 1.165) is 5.56 Å². The van der Waals surface area contributed by atoms with Gasteiger partial charge in [0.2, 0.25) is 0 Å². The fourth-order valence-electron chi connectivity index (χ4n) is 1.33. The van der Waals surface area contributed by atoms with Gasteiger partial charge in [0, 0.05) is 7.05 Å². The van der Waals surface area contributed by atoms with E-state index in [9.17, 15) is 4.39 Å². The lowest BCUT2D eigenvalue weighted by Crippen LogP contribution is -2.11. The summed E-state index contributed by atoms with van der Waals surface area (Å²) in [7, 11) is 1.85. The van der Waals surface area contributed by atoms with Crippen molar-refractivity contribution >= 4 is 16.9 Å². The zero-order valence-corrected chi connectivity index (χ0v) is 8.46. The topological polar surface area (TPSA) is 41.6 Å². The molecule has 0 bridgehead atoms. The summed E-state index contributed by atoms with van der Waals surface area (Å²) in [6, 6.07) is 6.38. The van der Waals surface area contributed by atoms with E-state index in [-0.39, 0.29) is 11.2 Å². The summed E-state index contributed by atoms with van der Waals surface area (Å²) >= 11 is 1.46. The van der Waals surface area contributed by atoms with Crippen molar-refractivity contribution in [3.8, 4) is 0 Å². The predicted molar refractivity (Wildman–Crippen MR) is 56.1 cm³/mol. The van der Waals surface area contributed by atoms with Crippen molar-refractivity contribution in [2.45, 2.75) is 5.37 Å². The Morgan fingerprint density at radius 2 is 2.07 bits per heavy atom. The maximum atomic E-state index is 12.7. The smallest absolute Gasteiger partial charge is 0.180 e. The van der Waals surface area contributed by atoms with Crippen LogP contribution in [0.1, 0.15) is 10.9 Å². The molecular formula is C9H10FN3S. The average Bonchev–Trinajstić information content (AvgIpc) is 2.47. The highest BCUT2D eigenvalue weighted by molar-refractivity contribution is 8.14. The van der Waals surface area contributed by atoms with E-state index in [1.54, 1.807) is 17.1 Å². The molecule has 0 aliphatic carbocycles. The number of hydrogen-bond acceptors (Lipinski definition) is 4. The second kappa shape index (κ2) is 3.49. The van der Waals surface area contributed by atoms with Gasteiger partial charge in [-0.05, 0) is 17.7 Å². The van der Waals surface area contributed by atoms with Crippen molar-refractivity contribution in [1.29, 1.82) is 0 Å². The summed E-state index contributed by atoms with van der Waals surface area (Å²) in [5, 5.41) is 6.45. The van der Waals surface area contributed by atoms with Crippen LogP contribution < -0.4 is 5.73 Å². The zero-order chi connectivity index (χ0) is 10.1. The SMILES string of the molecule is CN1N=C(N)SC1c1ccc(F)cc1. The van der Waals surface area contributed by atoms with Gasteiger partial charge in [0.15, 0.2) is 5.17 Å². The Balaban J connectivity index is 2.21. The highest BCUT2D eigenvalue weighted by atomic mass is 32.2. The van der Waals surface area contributed by atoms with Gasteiger partial charge in [-0.15, -0.1) is 0 Å². The summed E-state index contributed by atoms with van der Waals surface area (Å²) in [4.78, 5) is 0. The monoisotopic (exact) mass is 211 g/mol. The van der Waals surface area contributed by atoms with Gasteiger partial charge in [0.25, 0.3) is 0 Å². The highest BCUT2D eigenvalue weighted by Gasteiger charge is 2.24. The number of halogens is 1. The van der Waals surface area contributed by atoms with Gasteiger partial charge >= 0.3 is 0 Å². The van der Waals surface area contributed by atoms with E-state index >= 15 is 0 Å². The van der Waals surface area contributed by atoms with E-state index in [1.807, 2.05) is 7.05 Å². The van der Waals surface area contributed by atoms with Gasteiger partial charge in [-0.1, -0.05) is 23.9 Å². The van der Waals surface area contributed by atoms with E-state index in [2.05, 4.69) is 5.10 Å². The molecule has 1 aliphatic heterocycles. The lowest BCUT2D eigenvalue weighted by atomic mass is 10.2. The summed E-state index contributed by atoms with van der Waals surface area (Å²) in [6.45, 7) is 0. The molecule has 2 rings (SSSR count). The fourth-order valence-corrected chi connectivity index (χ4v) is 2.23. The molecule has 1 aromatic rings. The van der Waals surface area contributed by atoms with Crippen LogP contribution in [0.4, 0.5) is 4.39 Å². The second-order valence-electron chi connectivity index (χ2n) is 3.03. The van der Waals surface area contributed by atoms with Crippen LogP contribution in [-0.4, -0.2) is 17.2 Å². The molecule has 1 unspecified atom stereocenters. The van der Waals surface area contributed by atoms with Gasteiger partial charge in [0.1, 0.15) is 11.2 Å². The fraction of sp³-hybridized carbons (Fsp3) is 0.222. The van der Waals surface area contributed by atoms with Crippen LogP contribution in [0.25, 0.3) is 0 Å². The summed E-state index contributed by atoms with van der Waals surface area (Å²) in [5.74, 6) is -0.228. The van der Waals surface area contributed by atoms with Crippen molar-refractivity contribution < 1.29 is 4.39 Å². The number of benzene rings is 1. The number of nitrogens with zero attached hydrogens (tertiary/aromatic N) is 2. The third kappa shape index (κ3) is 1.68. The summed E-state index contributed by atoms with van der Waals surface area (Å²) < 4.78 is 12.7. The van der Waals surface area contributed by atoms with Crippen molar-refractivity contribution in [2.24, 2.45) is 10.8 Å². The Morgan fingerprint density at radius 3 is 2.57 bits per heavy atom. The molecule has 1 aliphatic rings. The van der Waals surface area contributed by atoms with Crippen molar-refractivity contribution in [3.05, 3.63) is 35.6 Å². The third-order valence-corrected chi connectivity index (χ3v) is 3.11. The van der Waals surface area contributed by atoms with Gasteiger partial charge in [-0.3, -0.25) is 5.01 Å². The molecule has 0 saturated heterocycles. The van der Waals surface area contributed by atoms with Gasteiger partial charge < -0.3 is 5.73 Å². The molecule has 0 saturated carbocycles. The summed E-state index contributed by atoms with van der Waals surface area (Å²) in [5.41, 5.74) is 6.58. The minimum atomic E-state index is -0.228. The molecule has 3 nitrogen and oxygen atoms in total. The van der Waals surface area contributed by atoms with Crippen LogP contribution in [0.3, 0.4) is 0 Å². The number of thioether (sulfide) groups is 1. The molecule has 0 amide bonds. The quantitative estimate of drug-likeness (QED) is 0.769. The first-order valence-corrected chi connectivity index (χ1v) is 5.04. The largest absolute Gasteiger partial charge is 0.377 e. The number of amidine groups is 1. The summed E-state index contributed by atoms with van der Waals surface area (Å²) in [6.07, 6.45) is 0. The molecule has 0 aromatic heterocycles. The maximum absolute atomic E-state index is 12.7. The first-order chi connectivity index (χ1) is 6.66. The van der Waals surface area contributed by atoms with E-state index in [4.69, 9.17) is 5.73 Å². The molecule has 1 heterocycles. The highest BCUT2D eigenvalue weighted by Crippen LogP contribution is 2.36. The maximum Gasteiger partial charge on any atom is 0.180 e. The molecule has 0 fully saturated rings. The van der Waals surface area contributed by atoms with Crippen molar-refractivity contribution in [2.75, 3.05) is 7.05 Å². The van der Waals surface area contributed by atoms with Crippen LogP contribution in [0.2, 0.25) is 0 Å².